The summed E-state index contributed by atoms with van der Waals surface area (Å²) < 4.78 is 39.3. The van der Waals surface area contributed by atoms with Crippen LogP contribution in [0.2, 0.25) is 0 Å². The highest BCUT2D eigenvalue weighted by Gasteiger charge is 2.30. The molecule has 3 aromatic rings. The second-order valence-electron chi connectivity index (χ2n) is 5.09. The lowest BCUT2D eigenvalue weighted by Crippen LogP contribution is -2.12. The molecule has 0 bridgehead atoms. The van der Waals surface area contributed by atoms with E-state index in [1.807, 2.05) is 23.9 Å². The van der Waals surface area contributed by atoms with Crippen molar-refractivity contribution < 1.29 is 18.0 Å². The van der Waals surface area contributed by atoms with Gasteiger partial charge in [-0.25, -0.2) is 4.98 Å². The molecule has 0 unspecified atom stereocenters. The Balaban J connectivity index is 1.80. The number of hydrogen-bond donors (Lipinski definition) is 1. The Hall–Kier alpha value is -2.83. The topological polar surface area (TPSA) is 46.9 Å². The van der Waals surface area contributed by atoms with Gasteiger partial charge in [0.2, 0.25) is 0 Å². The molecule has 0 atom stereocenters. The van der Waals surface area contributed by atoms with E-state index in [0.29, 0.717) is 5.56 Å². The van der Waals surface area contributed by atoms with Gasteiger partial charge in [0, 0.05) is 30.5 Å². The summed E-state index contributed by atoms with van der Waals surface area (Å²) in [6.07, 6.45) is -1.14. The van der Waals surface area contributed by atoms with E-state index >= 15 is 0 Å². The third kappa shape index (κ3) is 3.03. The maximum Gasteiger partial charge on any atom is 0.416 e. The second kappa shape index (κ2) is 5.42. The lowest BCUT2D eigenvalue weighted by molar-refractivity contribution is -0.137. The van der Waals surface area contributed by atoms with E-state index in [1.54, 1.807) is 6.07 Å². The van der Waals surface area contributed by atoms with Crippen LogP contribution in [0.5, 0.6) is 0 Å². The van der Waals surface area contributed by atoms with Crippen molar-refractivity contribution >= 4 is 22.6 Å². The van der Waals surface area contributed by atoms with Crippen LogP contribution in [0.15, 0.2) is 48.8 Å². The number of amides is 1. The van der Waals surface area contributed by atoms with Crippen molar-refractivity contribution in [2.75, 3.05) is 5.32 Å². The van der Waals surface area contributed by atoms with E-state index in [9.17, 15) is 18.0 Å². The van der Waals surface area contributed by atoms with Gasteiger partial charge in [-0.3, -0.25) is 4.79 Å². The second-order valence-corrected chi connectivity index (χ2v) is 5.09. The van der Waals surface area contributed by atoms with Gasteiger partial charge in [0.1, 0.15) is 5.65 Å². The number of rotatable bonds is 2. The first-order valence-corrected chi connectivity index (χ1v) is 6.74. The lowest BCUT2D eigenvalue weighted by atomic mass is 10.2. The molecule has 1 N–H and O–H groups in total. The molecule has 1 amide bonds. The van der Waals surface area contributed by atoms with Crippen LogP contribution in [0.25, 0.3) is 11.0 Å². The van der Waals surface area contributed by atoms with Crippen LogP contribution in [0.3, 0.4) is 0 Å². The van der Waals surface area contributed by atoms with Gasteiger partial charge in [0.25, 0.3) is 5.91 Å². The van der Waals surface area contributed by atoms with Crippen LogP contribution in [0.1, 0.15) is 15.9 Å². The maximum absolute atomic E-state index is 12.5. The number of pyridine rings is 1. The Morgan fingerprint density at radius 2 is 1.87 bits per heavy atom. The number of benzene rings is 1. The van der Waals surface area contributed by atoms with Crippen molar-refractivity contribution in [3.05, 3.63) is 59.9 Å². The maximum atomic E-state index is 12.5. The van der Waals surface area contributed by atoms with Gasteiger partial charge < -0.3 is 9.88 Å². The van der Waals surface area contributed by atoms with Crippen LogP contribution < -0.4 is 5.32 Å². The van der Waals surface area contributed by atoms with Gasteiger partial charge in [0.05, 0.1) is 11.1 Å². The molecule has 7 heteroatoms. The summed E-state index contributed by atoms with van der Waals surface area (Å²) >= 11 is 0. The monoisotopic (exact) mass is 319 g/mol. The number of alkyl halides is 3. The smallest absolute Gasteiger partial charge is 0.336 e. The SMILES string of the molecule is Cn1ccc2cc(C(=O)Nc3ccc(C(F)(F)F)cc3)cnc21. The number of nitrogens with zero attached hydrogens (tertiary/aromatic N) is 2. The minimum absolute atomic E-state index is 0.288. The molecule has 0 saturated heterocycles. The highest BCUT2D eigenvalue weighted by atomic mass is 19.4. The van der Waals surface area contributed by atoms with Gasteiger partial charge >= 0.3 is 6.18 Å². The number of aryl methyl sites for hydroxylation is 1. The molecule has 118 valence electrons. The summed E-state index contributed by atoms with van der Waals surface area (Å²) in [5, 5.41) is 3.37. The summed E-state index contributed by atoms with van der Waals surface area (Å²) in [5.41, 5.74) is 0.610. The summed E-state index contributed by atoms with van der Waals surface area (Å²) in [4.78, 5) is 16.4. The molecule has 0 aliphatic rings. The fourth-order valence-corrected chi connectivity index (χ4v) is 2.22. The molecule has 1 aromatic carbocycles. The average Bonchev–Trinajstić information content (AvgIpc) is 2.88. The van der Waals surface area contributed by atoms with Crippen LogP contribution in [0.4, 0.5) is 18.9 Å². The summed E-state index contributed by atoms with van der Waals surface area (Å²) in [6, 6.07) is 7.80. The van der Waals surface area contributed by atoms with Gasteiger partial charge in [-0.2, -0.15) is 13.2 Å². The largest absolute Gasteiger partial charge is 0.416 e. The Morgan fingerprint density at radius 1 is 1.17 bits per heavy atom. The van der Waals surface area contributed by atoms with Crippen LogP contribution in [0, 0.1) is 0 Å². The zero-order valence-corrected chi connectivity index (χ0v) is 12.1. The highest BCUT2D eigenvalue weighted by Crippen LogP contribution is 2.29. The molecule has 4 nitrogen and oxygen atoms in total. The van der Waals surface area contributed by atoms with Crippen molar-refractivity contribution in [1.29, 1.82) is 0 Å². The van der Waals surface area contributed by atoms with E-state index < -0.39 is 17.6 Å². The normalized spacial score (nSPS) is 11.7. The van der Waals surface area contributed by atoms with Crippen LogP contribution >= 0.6 is 0 Å². The molecule has 0 fully saturated rings. The number of aromatic nitrogens is 2. The third-order valence-corrected chi connectivity index (χ3v) is 3.44. The number of anilines is 1. The summed E-state index contributed by atoms with van der Waals surface area (Å²) in [6.45, 7) is 0. The number of fused-ring (bicyclic) bond motifs is 1. The quantitative estimate of drug-likeness (QED) is 0.780. The fraction of sp³-hybridized carbons (Fsp3) is 0.125. The Morgan fingerprint density at radius 3 is 2.52 bits per heavy atom. The predicted octanol–water partition coefficient (Wildman–Crippen LogP) is 3.84. The first kappa shape index (κ1) is 15.1. The van der Waals surface area contributed by atoms with Crippen LogP contribution in [-0.2, 0) is 13.2 Å². The van der Waals surface area contributed by atoms with E-state index in [0.717, 1.165) is 23.2 Å². The van der Waals surface area contributed by atoms with Gasteiger partial charge in [-0.15, -0.1) is 0 Å². The number of carbonyl (C=O) groups excluding carboxylic acids is 1. The van der Waals surface area contributed by atoms with Crippen molar-refractivity contribution in [3.63, 3.8) is 0 Å². The summed E-state index contributed by atoms with van der Waals surface area (Å²) in [5.74, 6) is -0.428. The number of carbonyl (C=O) groups is 1. The molecule has 2 heterocycles. The predicted molar refractivity (Wildman–Crippen MR) is 80.1 cm³/mol. The van der Waals surface area contributed by atoms with E-state index in [2.05, 4.69) is 10.3 Å². The van der Waals surface area contributed by atoms with E-state index in [-0.39, 0.29) is 5.69 Å². The summed E-state index contributed by atoms with van der Waals surface area (Å²) in [7, 11) is 1.84. The molecule has 0 saturated carbocycles. The van der Waals surface area contributed by atoms with E-state index in [1.165, 1.54) is 18.3 Å². The minimum atomic E-state index is -4.40. The molecule has 0 aliphatic carbocycles. The lowest BCUT2D eigenvalue weighted by Gasteiger charge is -2.09. The van der Waals surface area contributed by atoms with Crippen molar-refractivity contribution in [3.8, 4) is 0 Å². The molecule has 0 radical (unpaired) electrons. The Kier molecular flexibility index (Phi) is 3.55. The molecule has 3 rings (SSSR count). The molecule has 23 heavy (non-hydrogen) atoms. The van der Waals surface area contributed by atoms with Crippen molar-refractivity contribution in [2.45, 2.75) is 6.18 Å². The standard InChI is InChI=1S/C16H12F3N3O/c1-22-7-6-10-8-11(9-20-14(10)22)15(23)21-13-4-2-12(3-5-13)16(17,18)19/h2-9H,1H3,(H,21,23). The Bertz CT molecular complexity index is 866. The zero-order valence-electron chi connectivity index (χ0n) is 12.1. The first-order valence-electron chi connectivity index (χ1n) is 6.74. The van der Waals surface area contributed by atoms with Crippen LogP contribution in [-0.4, -0.2) is 15.5 Å². The molecule has 0 aliphatic heterocycles. The van der Waals surface area contributed by atoms with Crippen molar-refractivity contribution in [2.24, 2.45) is 7.05 Å². The van der Waals surface area contributed by atoms with Gasteiger partial charge in [-0.1, -0.05) is 0 Å². The van der Waals surface area contributed by atoms with Crippen molar-refractivity contribution in [1.82, 2.24) is 9.55 Å². The first-order chi connectivity index (χ1) is 10.8. The van der Waals surface area contributed by atoms with Gasteiger partial charge in [0.15, 0.2) is 0 Å². The number of halogens is 3. The number of nitrogens with one attached hydrogen (secondary N) is 1. The average molecular weight is 319 g/mol. The Labute approximate surface area is 129 Å². The molecule has 0 spiro atoms. The fourth-order valence-electron chi connectivity index (χ4n) is 2.22. The minimum Gasteiger partial charge on any atom is -0.336 e. The molecular formula is C16H12F3N3O. The van der Waals surface area contributed by atoms with Gasteiger partial charge in [-0.05, 0) is 36.4 Å². The third-order valence-electron chi connectivity index (χ3n) is 3.44. The number of hydrogen-bond acceptors (Lipinski definition) is 2. The molecular weight excluding hydrogens is 307 g/mol. The highest BCUT2D eigenvalue weighted by molar-refractivity contribution is 6.05. The molecule has 2 aromatic heterocycles. The zero-order chi connectivity index (χ0) is 16.6. The van der Waals surface area contributed by atoms with E-state index in [4.69, 9.17) is 0 Å².